The van der Waals surface area contributed by atoms with Crippen LogP contribution >= 0.6 is 0 Å². The number of amides is 1. The van der Waals surface area contributed by atoms with E-state index in [0.29, 0.717) is 13.0 Å². The first-order valence-corrected chi connectivity index (χ1v) is 7.11. The third kappa shape index (κ3) is 4.85. The summed E-state index contributed by atoms with van der Waals surface area (Å²) < 4.78 is 5.74. The van der Waals surface area contributed by atoms with E-state index in [1.54, 1.807) is 0 Å². The highest BCUT2D eigenvalue weighted by Crippen LogP contribution is 2.18. The predicted octanol–water partition coefficient (Wildman–Crippen LogP) is 2.40. The summed E-state index contributed by atoms with van der Waals surface area (Å²) in [7, 11) is 0. The number of carbonyl (C=O) groups is 1. The monoisotopic (exact) mass is 278 g/mol. The second-order valence-electron chi connectivity index (χ2n) is 5.71. The van der Waals surface area contributed by atoms with E-state index in [0.717, 1.165) is 17.7 Å². The highest BCUT2D eigenvalue weighted by Gasteiger charge is 2.30. The van der Waals surface area contributed by atoms with Crippen LogP contribution in [0.15, 0.2) is 24.3 Å². The second kappa shape index (κ2) is 7.29. The van der Waals surface area contributed by atoms with Gasteiger partial charge in [-0.25, -0.2) is 0 Å². The van der Waals surface area contributed by atoms with Gasteiger partial charge < -0.3 is 15.8 Å². The Kier molecular flexibility index (Phi) is 6.02. The zero-order valence-corrected chi connectivity index (χ0v) is 12.9. The molecular formula is C16H26N2O2. The van der Waals surface area contributed by atoms with E-state index in [1.165, 1.54) is 0 Å². The van der Waals surface area contributed by atoms with Crippen molar-refractivity contribution in [3.63, 3.8) is 0 Å². The van der Waals surface area contributed by atoms with Crippen molar-refractivity contribution in [1.82, 2.24) is 5.32 Å². The first kappa shape index (κ1) is 16.5. The number of rotatable bonds is 8. The van der Waals surface area contributed by atoms with Crippen molar-refractivity contribution in [2.75, 3.05) is 6.61 Å². The average molecular weight is 278 g/mol. The lowest BCUT2D eigenvalue weighted by molar-refractivity contribution is -0.124. The van der Waals surface area contributed by atoms with Gasteiger partial charge in [0.1, 0.15) is 5.75 Å². The van der Waals surface area contributed by atoms with Gasteiger partial charge in [-0.15, -0.1) is 0 Å². The molecule has 20 heavy (non-hydrogen) atoms. The predicted molar refractivity (Wildman–Crippen MR) is 81.8 cm³/mol. The molecule has 4 heteroatoms. The summed E-state index contributed by atoms with van der Waals surface area (Å²) in [6.45, 7) is 8.45. The zero-order chi connectivity index (χ0) is 15.2. The number of benzene rings is 1. The van der Waals surface area contributed by atoms with Gasteiger partial charge in [-0.1, -0.05) is 18.2 Å². The van der Waals surface area contributed by atoms with Crippen LogP contribution in [0.2, 0.25) is 0 Å². The van der Waals surface area contributed by atoms with Crippen molar-refractivity contribution in [3.05, 3.63) is 29.8 Å². The van der Waals surface area contributed by atoms with E-state index in [4.69, 9.17) is 10.5 Å². The Bertz CT molecular complexity index is 446. The van der Waals surface area contributed by atoms with Gasteiger partial charge in [0.2, 0.25) is 5.91 Å². The summed E-state index contributed by atoms with van der Waals surface area (Å²) in [5.41, 5.74) is 5.93. The second-order valence-corrected chi connectivity index (χ2v) is 5.71. The summed E-state index contributed by atoms with van der Waals surface area (Å²) in [6, 6.07) is 8.12. The van der Waals surface area contributed by atoms with Crippen LogP contribution in [-0.2, 0) is 4.79 Å². The molecule has 0 aromatic heterocycles. The van der Waals surface area contributed by atoms with Crippen molar-refractivity contribution in [2.45, 2.75) is 52.1 Å². The van der Waals surface area contributed by atoms with Gasteiger partial charge in [0, 0.05) is 6.04 Å². The van der Waals surface area contributed by atoms with Crippen LogP contribution in [0, 0.1) is 6.92 Å². The van der Waals surface area contributed by atoms with E-state index in [9.17, 15) is 4.79 Å². The maximum Gasteiger partial charge on any atom is 0.237 e. The fraction of sp³-hybridized carbons (Fsp3) is 0.562. The van der Waals surface area contributed by atoms with Crippen molar-refractivity contribution in [3.8, 4) is 5.75 Å². The summed E-state index contributed by atoms with van der Waals surface area (Å²) in [4.78, 5) is 11.6. The highest BCUT2D eigenvalue weighted by molar-refractivity contribution is 5.84. The first-order valence-electron chi connectivity index (χ1n) is 7.11. The standard InChI is InChI=1S/C16H26N2O2/c1-12(2)18-16(4,15(17)19)10-7-11-20-14-9-6-5-8-13(14)3/h5-6,8-9,12,18H,7,10-11H2,1-4H3,(H2,17,19). The number of carbonyl (C=O) groups excluding carboxylic acids is 1. The number of hydrogen-bond acceptors (Lipinski definition) is 3. The molecule has 1 unspecified atom stereocenters. The van der Waals surface area contributed by atoms with Gasteiger partial charge in [-0.05, 0) is 52.2 Å². The van der Waals surface area contributed by atoms with Gasteiger partial charge in [0.25, 0.3) is 0 Å². The van der Waals surface area contributed by atoms with E-state index in [1.807, 2.05) is 52.0 Å². The van der Waals surface area contributed by atoms with Crippen molar-refractivity contribution in [1.29, 1.82) is 0 Å². The van der Waals surface area contributed by atoms with Gasteiger partial charge in [-0.3, -0.25) is 4.79 Å². The molecule has 0 aliphatic heterocycles. The van der Waals surface area contributed by atoms with E-state index < -0.39 is 5.54 Å². The largest absolute Gasteiger partial charge is 0.493 e. The molecule has 1 amide bonds. The molecular weight excluding hydrogens is 252 g/mol. The number of aryl methyl sites for hydroxylation is 1. The molecule has 0 aliphatic rings. The Hall–Kier alpha value is -1.55. The fourth-order valence-electron chi connectivity index (χ4n) is 2.23. The van der Waals surface area contributed by atoms with Crippen LogP contribution in [0.25, 0.3) is 0 Å². The van der Waals surface area contributed by atoms with Crippen LogP contribution in [-0.4, -0.2) is 24.1 Å². The molecule has 0 saturated carbocycles. The van der Waals surface area contributed by atoms with Crippen LogP contribution in [0.4, 0.5) is 0 Å². The summed E-state index contributed by atoms with van der Waals surface area (Å²) in [6.07, 6.45) is 1.43. The lowest BCUT2D eigenvalue weighted by Crippen LogP contribution is -2.55. The maximum absolute atomic E-state index is 11.6. The molecule has 0 spiro atoms. The minimum absolute atomic E-state index is 0.213. The molecule has 0 fully saturated rings. The topological polar surface area (TPSA) is 64.3 Å². The molecule has 1 aromatic rings. The molecule has 1 rings (SSSR count). The normalized spacial score (nSPS) is 14.1. The molecule has 3 N–H and O–H groups in total. The van der Waals surface area contributed by atoms with Crippen LogP contribution < -0.4 is 15.8 Å². The molecule has 0 bridgehead atoms. The Morgan fingerprint density at radius 2 is 2.05 bits per heavy atom. The number of nitrogens with two attached hydrogens (primary N) is 1. The molecule has 0 heterocycles. The number of nitrogens with one attached hydrogen (secondary N) is 1. The SMILES string of the molecule is Cc1ccccc1OCCCC(C)(NC(C)C)C(N)=O. The van der Waals surface area contributed by atoms with Gasteiger partial charge in [0.15, 0.2) is 0 Å². The number of hydrogen-bond donors (Lipinski definition) is 2. The minimum Gasteiger partial charge on any atom is -0.493 e. The molecule has 0 radical (unpaired) electrons. The number of ether oxygens (including phenoxy) is 1. The Morgan fingerprint density at radius 1 is 1.40 bits per heavy atom. The molecule has 0 aliphatic carbocycles. The molecule has 1 aromatic carbocycles. The van der Waals surface area contributed by atoms with Gasteiger partial charge >= 0.3 is 0 Å². The van der Waals surface area contributed by atoms with E-state index in [-0.39, 0.29) is 11.9 Å². The van der Waals surface area contributed by atoms with Crippen molar-refractivity contribution >= 4 is 5.91 Å². The summed E-state index contributed by atoms with van der Waals surface area (Å²) >= 11 is 0. The Morgan fingerprint density at radius 3 is 2.60 bits per heavy atom. The van der Waals surface area contributed by atoms with Crippen LogP contribution in [0.5, 0.6) is 5.75 Å². The molecule has 112 valence electrons. The summed E-state index contributed by atoms with van der Waals surface area (Å²) in [5, 5.41) is 3.24. The van der Waals surface area contributed by atoms with Crippen LogP contribution in [0.1, 0.15) is 39.2 Å². The van der Waals surface area contributed by atoms with E-state index in [2.05, 4.69) is 5.32 Å². The molecule has 0 saturated heterocycles. The van der Waals surface area contributed by atoms with Crippen molar-refractivity contribution in [2.24, 2.45) is 5.73 Å². The number of para-hydroxylation sites is 1. The van der Waals surface area contributed by atoms with E-state index >= 15 is 0 Å². The first-order chi connectivity index (χ1) is 9.35. The lowest BCUT2D eigenvalue weighted by Gasteiger charge is -2.29. The number of primary amides is 1. The van der Waals surface area contributed by atoms with Gasteiger partial charge in [0.05, 0.1) is 12.1 Å². The third-order valence-electron chi connectivity index (χ3n) is 3.32. The highest BCUT2D eigenvalue weighted by atomic mass is 16.5. The van der Waals surface area contributed by atoms with Crippen molar-refractivity contribution < 1.29 is 9.53 Å². The molecule has 1 atom stereocenters. The zero-order valence-electron chi connectivity index (χ0n) is 12.9. The summed E-state index contributed by atoms with van der Waals surface area (Å²) in [5.74, 6) is 0.576. The smallest absolute Gasteiger partial charge is 0.237 e. The third-order valence-corrected chi connectivity index (χ3v) is 3.32. The minimum atomic E-state index is -0.677. The average Bonchev–Trinajstić information content (AvgIpc) is 2.35. The Balaban J connectivity index is 2.46. The molecule has 4 nitrogen and oxygen atoms in total. The Labute approximate surface area is 121 Å². The quantitative estimate of drug-likeness (QED) is 0.718. The maximum atomic E-state index is 11.6. The lowest BCUT2D eigenvalue weighted by atomic mass is 9.94. The van der Waals surface area contributed by atoms with Gasteiger partial charge in [-0.2, -0.15) is 0 Å². The fourth-order valence-corrected chi connectivity index (χ4v) is 2.23. The van der Waals surface area contributed by atoms with Crippen LogP contribution in [0.3, 0.4) is 0 Å².